The van der Waals surface area contributed by atoms with Gasteiger partial charge in [0.1, 0.15) is 11.9 Å². The summed E-state index contributed by atoms with van der Waals surface area (Å²) >= 11 is 0. The molecule has 5 atom stereocenters. The Morgan fingerprint density at radius 3 is 2.53 bits per heavy atom. The third-order valence-electron chi connectivity index (χ3n) is 8.63. The molecule has 0 spiro atoms. The van der Waals surface area contributed by atoms with Crippen molar-refractivity contribution in [2.75, 3.05) is 53.8 Å². The normalized spacial score (nSPS) is 21.0. The van der Waals surface area contributed by atoms with Gasteiger partial charge in [0.2, 0.25) is 22.7 Å². The highest BCUT2D eigenvalue weighted by Crippen LogP contribution is 2.35. The molecule has 0 unspecified atom stereocenters. The van der Waals surface area contributed by atoms with Crippen molar-refractivity contribution in [2.45, 2.75) is 69.0 Å². The molecule has 0 aromatic heterocycles. The Bertz CT molecular complexity index is 1540. The van der Waals surface area contributed by atoms with E-state index in [9.17, 15) is 23.1 Å². The highest BCUT2D eigenvalue weighted by molar-refractivity contribution is 7.89. The highest BCUT2D eigenvalue weighted by atomic mass is 32.2. The molecule has 15 heteroatoms. The van der Waals surface area contributed by atoms with Crippen LogP contribution in [0.5, 0.6) is 17.2 Å². The van der Waals surface area contributed by atoms with Crippen LogP contribution in [0.25, 0.3) is 0 Å². The fourth-order valence-corrected chi connectivity index (χ4v) is 7.60. The van der Waals surface area contributed by atoms with Crippen molar-refractivity contribution in [1.82, 2.24) is 14.5 Å². The summed E-state index contributed by atoms with van der Waals surface area (Å²) in [6, 6.07) is 10.7. The Hall–Kier alpha value is -3.63. The molecule has 0 saturated carbocycles. The van der Waals surface area contributed by atoms with E-state index in [2.05, 4.69) is 5.32 Å². The quantitative estimate of drug-likeness (QED) is 0.247. The summed E-state index contributed by atoms with van der Waals surface area (Å²) < 4.78 is 62.4. The number of benzene rings is 2. The molecule has 0 aliphatic carbocycles. The molecular weight excluding hydrogens is 658 g/mol. The van der Waals surface area contributed by atoms with Crippen molar-refractivity contribution in [3.63, 3.8) is 0 Å². The number of hydrogen-bond acceptors (Lipinski definition) is 11. The molecule has 3 aliphatic rings. The van der Waals surface area contributed by atoms with Crippen LogP contribution in [-0.2, 0) is 35.4 Å². The summed E-state index contributed by atoms with van der Waals surface area (Å²) in [7, 11) is -0.656. The maximum Gasteiger partial charge on any atom is 0.407 e. The molecule has 49 heavy (non-hydrogen) atoms. The largest absolute Gasteiger partial charge is 0.494 e. The van der Waals surface area contributed by atoms with E-state index in [1.165, 1.54) is 16.4 Å². The van der Waals surface area contributed by atoms with Crippen LogP contribution in [0.3, 0.4) is 0 Å². The Balaban J connectivity index is 1.29. The number of carbonyl (C=O) groups excluding carboxylic acids is 2. The molecule has 3 heterocycles. The van der Waals surface area contributed by atoms with Crippen LogP contribution in [0.15, 0.2) is 47.4 Å². The third-order valence-corrected chi connectivity index (χ3v) is 10.5. The van der Waals surface area contributed by atoms with Crippen molar-refractivity contribution in [3.05, 3.63) is 48.0 Å². The van der Waals surface area contributed by atoms with Crippen LogP contribution >= 0.6 is 0 Å². The number of ether oxygens (including phenoxy) is 6. The van der Waals surface area contributed by atoms with Crippen LogP contribution in [0, 0.1) is 11.8 Å². The van der Waals surface area contributed by atoms with Crippen LogP contribution < -0.4 is 19.5 Å². The zero-order chi connectivity index (χ0) is 35.1. The first-order valence-electron chi connectivity index (χ1n) is 16.6. The predicted octanol–water partition coefficient (Wildman–Crippen LogP) is 2.77. The van der Waals surface area contributed by atoms with Crippen molar-refractivity contribution in [3.8, 4) is 17.2 Å². The third kappa shape index (κ3) is 9.54. The zero-order valence-corrected chi connectivity index (χ0v) is 29.2. The molecule has 270 valence electrons. The SMILES string of the molecule is CC(C)CN(C[C@@H](O)[C@H](Cc1ccc(OCCCC(=O)N(C)C)cc1)NC(=O)O[C@H]1CO[C@H]2OCC[C@H]21)S(=O)(=O)c1ccc2c(c1)OCO2. The molecule has 14 nitrogen and oxygen atoms in total. The van der Waals surface area contributed by atoms with Gasteiger partial charge in [0.15, 0.2) is 17.8 Å². The Kier molecular flexibility index (Phi) is 12.3. The number of aliphatic hydroxyl groups excluding tert-OH is 1. The summed E-state index contributed by atoms with van der Waals surface area (Å²) in [4.78, 5) is 26.6. The van der Waals surface area contributed by atoms with Crippen molar-refractivity contribution >= 4 is 22.0 Å². The van der Waals surface area contributed by atoms with Crippen LogP contribution in [0.4, 0.5) is 4.79 Å². The van der Waals surface area contributed by atoms with E-state index in [0.717, 1.165) is 5.56 Å². The molecule has 2 aromatic carbocycles. The average molecular weight is 706 g/mol. The minimum Gasteiger partial charge on any atom is -0.494 e. The van der Waals surface area contributed by atoms with Gasteiger partial charge in [0.05, 0.1) is 42.8 Å². The highest BCUT2D eigenvalue weighted by Gasteiger charge is 2.44. The van der Waals surface area contributed by atoms with Gasteiger partial charge < -0.3 is 43.7 Å². The molecular formula is C34H47N3O11S. The maximum absolute atomic E-state index is 13.9. The first-order valence-corrected chi connectivity index (χ1v) is 18.0. The van der Waals surface area contributed by atoms with Gasteiger partial charge in [-0.2, -0.15) is 4.31 Å². The van der Waals surface area contributed by atoms with Gasteiger partial charge >= 0.3 is 6.09 Å². The lowest BCUT2D eigenvalue weighted by molar-refractivity contribution is -0.128. The lowest BCUT2D eigenvalue weighted by Gasteiger charge is -2.31. The topological polar surface area (TPSA) is 162 Å². The second kappa shape index (κ2) is 16.4. The van der Waals surface area contributed by atoms with Crippen molar-refractivity contribution in [1.29, 1.82) is 0 Å². The molecule has 0 bridgehead atoms. The number of amides is 2. The van der Waals surface area contributed by atoms with Crippen LogP contribution in [-0.4, -0.2) is 113 Å². The number of hydrogen-bond donors (Lipinski definition) is 2. The summed E-state index contributed by atoms with van der Waals surface area (Å²) in [5.41, 5.74) is 0.766. The number of fused-ring (bicyclic) bond motifs is 2. The number of nitrogens with one attached hydrogen (secondary N) is 1. The van der Waals surface area contributed by atoms with E-state index >= 15 is 0 Å². The molecule has 2 aromatic rings. The van der Waals surface area contributed by atoms with Gasteiger partial charge in [0.25, 0.3) is 0 Å². The molecule has 3 aliphatic heterocycles. The van der Waals surface area contributed by atoms with Gasteiger partial charge in [-0.25, -0.2) is 13.2 Å². The van der Waals surface area contributed by atoms with Gasteiger partial charge in [-0.1, -0.05) is 26.0 Å². The van der Waals surface area contributed by atoms with Gasteiger partial charge in [-0.05, 0) is 55.0 Å². The predicted molar refractivity (Wildman–Crippen MR) is 177 cm³/mol. The fourth-order valence-electron chi connectivity index (χ4n) is 5.97. The second-order valence-corrected chi connectivity index (χ2v) is 15.0. The Morgan fingerprint density at radius 2 is 1.80 bits per heavy atom. The number of sulfonamides is 1. The molecule has 2 saturated heterocycles. The molecule has 2 fully saturated rings. The first-order chi connectivity index (χ1) is 23.4. The van der Waals surface area contributed by atoms with Gasteiger partial charge in [-0.15, -0.1) is 0 Å². The lowest BCUT2D eigenvalue weighted by Crippen LogP contribution is -2.51. The number of alkyl carbamates (subject to hydrolysis) is 1. The summed E-state index contributed by atoms with van der Waals surface area (Å²) in [6.07, 6.45) is -1.14. The van der Waals surface area contributed by atoms with Gasteiger partial charge in [0, 0.05) is 39.7 Å². The maximum atomic E-state index is 13.9. The summed E-state index contributed by atoms with van der Waals surface area (Å²) in [6.45, 7) is 4.70. The number of aliphatic hydroxyl groups is 1. The Morgan fingerprint density at radius 1 is 1.04 bits per heavy atom. The minimum absolute atomic E-state index is 0.00298. The average Bonchev–Trinajstić information content (AvgIpc) is 3.81. The van der Waals surface area contributed by atoms with Crippen molar-refractivity contribution < 1.29 is 51.5 Å². The first kappa shape index (κ1) is 36.6. The van der Waals surface area contributed by atoms with Gasteiger partial charge in [-0.3, -0.25) is 4.79 Å². The van der Waals surface area contributed by atoms with Crippen LogP contribution in [0.1, 0.15) is 38.7 Å². The van der Waals surface area contributed by atoms with E-state index in [0.29, 0.717) is 49.7 Å². The number of carbonyl (C=O) groups is 2. The van der Waals surface area contributed by atoms with E-state index < -0.39 is 40.7 Å². The molecule has 5 rings (SSSR count). The second-order valence-electron chi connectivity index (χ2n) is 13.1. The Labute approximate surface area is 287 Å². The summed E-state index contributed by atoms with van der Waals surface area (Å²) in [5.74, 6) is 1.28. The molecule has 2 N–H and O–H groups in total. The van der Waals surface area contributed by atoms with E-state index in [1.807, 2.05) is 26.0 Å². The zero-order valence-electron chi connectivity index (χ0n) is 28.4. The molecule has 0 radical (unpaired) electrons. The van der Waals surface area contributed by atoms with Crippen molar-refractivity contribution in [2.24, 2.45) is 11.8 Å². The molecule has 2 amide bonds. The fraction of sp³-hybridized carbons (Fsp3) is 0.588. The minimum atomic E-state index is -4.08. The number of rotatable bonds is 16. The van der Waals surface area contributed by atoms with Crippen LogP contribution in [0.2, 0.25) is 0 Å². The monoisotopic (exact) mass is 705 g/mol. The van der Waals surface area contributed by atoms with E-state index in [-0.39, 0.29) is 55.5 Å². The smallest absolute Gasteiger partial charge is 0.407 e. The lowest BCUT2D eigenvalue weighted by atomic mass is 10.0. The summed E-state index contributed by atoms with van der Waals surface area (Å²) in [5, 5.41) is 14.4. The van der Waals surface area contributed by atoms with E-state index in [4.69, 9.17) is 28.4 Å². The van der Waals surface area contributed by atoms with E-state index in [1.54, 1.807) is 37.2 Å². The standard InChI is InChI=1S/C34H47N3O11S/c1-22(2)18-37(49(41,42)25-11-12-29-30(17-25)47-21-46-29)19-28(38)27(35-34(40)48-31-20-45-33-26(31)13-15-44-33)16-23-7-9-24(10-8-23)43-14-5-6-32(39)36(3)4/h7-12,17,22,26-28,31,33,38H,5-6,13-16,18-21H2,1-4H3,(H,35,40)/t26-,27-,28+,31-,33+/m0/s1. The number of nitrogens with zero attached hydrogens (tertiary/aromatic N) is 2.